The molecule has 0 saturated heterocycles. The summed E-state index contributed by atoms with van der Waals surface area (Å²) in [6, 6.07) is 17.0. The van der Waals surface area contributed by atoms with Crippen molar-refractivity contribution in [2.24, 2.45) is 0 Å². The molecular weight excluding hydrogens is 427 g/mol. The van der Waals surface area contributed by atoms with Gasteiger partial charge in [0.05, 0.1) is 5.02 Å². The molecule has 3 rings (SSSR count). The minimum Gasteiger partial charge on any atom is -0.352 e. The normalized spacial score (nSPS) is 11.2. The van der Waals surface area contributed by atoms with Gasteiger partial charge in [-0.1, -0.05) is 35.9 Å². The number of anilines is 1. The molecule has 0 radical (unpaired) electrons. The fourth-order valence-corrected chi connectivity index (χ4v) is 4.42. The van der Waals surface area contributed by atoms with Gasteiger partial charge in [0.1, 0.15) is 10.7 Å². The van der Waals surface area contributed by atoms with Crippen LogP contribution in [0.25, 0.3) is 0 Å². The molecule has 1 amide bonds. The van der Waals surface area contributed by atoms with Crippen LogP contribution in [0.4, 0.5) is 10.1 Å². The highest BCUT2D eigenvalue weighted by atomic mass is 35.5. The Morgan fingerprint density at radius 2 is 1.77 bits per heavy atom. The lowest BCUT2D eigenvalue weighted by Gasteiger charge is -2.12. The third-order valence-electron chi connectivity index (χ3n) is 4.37. The van der Waals surface area contributed by atoms with Crippen molar-refractivity contribution >= 4 is 33.2 Å². The predicted molar refractivity (Wildman–Crippen MR) is 116 cm³/mol. The number of carbonyl (C=O) groups is 1. The molecule has 0 aliphatic heterocycles. The molecule has 0 spiro atoms. The van der Waals surface area contributed by atoms with Gasteiger partial charge in [-0.2, -0.15) is 0 Å². The molecule has 0 atom stereocenters. The number of rotatable bonds is 7. The number of benzene rings is 3. The summed E-state index contributed by atoms with van der Waals surface area (Å²) in [7, 11) is -3.98. The van der Waals surface area contributed by atoms with Crippen molar-refractivity contribution in [3.05, 3.63) is 94.3 Å². The van der Waals surface area contributed by atoms with E-state index in [1.165, 1.54) is 30.3 Å². The second-order valence-corrected chi connectivity index (χ2v) is 8.81. The summed E-state index contributed by atoms with van der Waals surface area (Å²) < 4.78 is 41.0. The molecule has 2 N–H and O–H groups in total. The Morgan fingerprint density at radius 3 is 2.47 bits per heavy atom. The fraction of sp³-hybridized carbons (Fsp3) is 0.136. The Bertz CT molecular complexity index is 1170. The standard InChI is InChI=1S/C22H20ClFN2O3S/c1-15-3-2-4-19(13-15)26-30(28,29)21-14-17(7-10-20(21)23)22(27)25-12-11-16-5-8-18(24)9-6-16/h2-10,13-14,26H,11-12H2,1H3,(H,25,27). The summed E-state index contributed by atoms with van der Waals surface area (Å²) in [5.74, 6) is -0.752. The van der Waals surface area contributed by atoms with E-state index < -0.39 is 15.9 Å². The zero-order valence-corrected chi connectivity index (χ0v) is 17.7. The number of carbonyl (C=O) groups excluding carboxylic acids is 1. The van der Waals surface area contributed by atoms with Crippen LogP contribution in [0, 0.1) is 12.7 Å². The van der Waals surface area contributed by atoms with Gasteiger partial charge >= 0.3 is 0 Å². The lowest BCUT2D eigenvalue weighted by atomic mass is 10.1. The van der Waals surface area contributed by atoms with Gasteiger partial charge in [-0.25, -0.2) is 12.8 Å². The van der Waals surface area contributed by atoms with Crippen molar-refractivity contribution in [1.29, 1.82) is 0 Å². The van der Waals surface area contributed by atoms with Crippen LogP contribution < -0.4 is 10.0 Å². The molecule has 0 saturated carbocycles. The summed E-state index contributed by atoms with van der Waals surface area (Å²) in [4.78, 5) is 12.3. The third kappa shape index (κ3) is 5.58. The van der Waals surface area contributed by atoms with Crippen LogP contribution in [-0.4, -0.2) is 20.9 Å². The first-order valence-electron chi connectivity index (χ1n) is 9.16. The molecular formula is C22H20ClFN2O3S. The van der Waals surface area contributed by atoms with E-state index in [1.54, 1.807) is 30.3 Å². The van der Waals surface area contributed by atoms with Crippen LogP contribution in [0.3, 0.4) is 0 Å². The van der Waals surface area contributed by atoms with Crippen molar-refractivity contribution in [3.63, 3.8) is 0 Å². The number of hydrogen-bond donors (Lipinski definition) is 2. The summed E-state index contributed by atoms with van der Waals surface area (Å²) in [6.07, 6.45) is 0.514. The van der Waals surface area contributed by atoms with E-state index in [2.05, 4.69) is 10.0 Å². The van der Waals surface area contributed by atoms with E-state index in [1.807, 2.05) is 13.0 Å². The SMILES string of the molecule is Cc1cccc(NS(=O)(=O)c2cc(C(=O)NCCc3ccc(F)cc3)ccc2Cl)c1. The molecule has 0 aliphatic carbocycles. The molecule has 0 aromatic heterocycles. The Balaban J connectivity index is 1.71. The quantitative estimate of drug-likeness (QED) is 0.558. The van der Waals surface area contributed by atoms with E-state index in [0.29, 0.717) is 18.7 Å². The first-order valence-corrected chi connectivity index (χ1v) is 11.0. The molecule has 3 aromatic carbocycles. The first kappa shape index (κ1) is 21.8. The second-order valence-electron chi connectivity index (χ2n) is 6.75. The molecule has 0 bridgehead atoms. The van der Waals surface area contributed by atoms with Crippen molar-refractivity contribution in [2.75, 3.05) is 11.3 Å². The van der Waals surface area contributed by atoms with Gasteiger partial charge in [-0.05, 0) is 66.9 Å². The molecule has 0 aliphatic rings. The summed E-state index contributed by atoms with van der Waals surface area (Å²) in [6.45, 7) is 2.17. The Kier molecular flexibility index (Phi) is 6.74. The molecule has 5 nitrogen and oxygen atoms in total. The van der Waals surface area contributed by atoms with Crippen LogP contribution in [0.15, 0.2) is 71.6 Å². The maximum absolute atomic E-state index is 12.9. The predicted octanol–water partition coefficient (Wildman–Crippen LogP) is 4.56. The second kappa shape index (κ2) is 9.28. The highest BCUT2D eigenvalue weighted by Crippen LogP contribution is 2.25. The molecule has 3 aromatic rings. The fourth-order valence-electron chi connectivity index (χ4n) is 2.84. The number of sulfonamides is 1. The lowest BCUT2D eigenvalue weighted by Crippen LogP contribution is -2.26. The van der Waals surface area contributed by atoms with Gasteiger partial charge in [0, 0.05) is 17.8 Å². The maximum atomic E-state index is 12.9. The highest BCUT2D eigenvalue weighted by Gasteiger charge is 2.20. The molecule has 0 unspecified atom stereocenters. The van der Waals surface area contributed by atoms with Crippen LogP contribution in [-0.2, 0) is 16.4 Å². The van der Waals surface area contributed by atoms with E-state index in [9.17, 15) is 17.6 Å². The van der Waals surface area contributed by atoms with E-state index in [0.717, 1.165) is 11.1 Å². The van der Waals surface area contributed by atoms with Crippen molar-refractivity contribution in [1.82, 2.24) is 5.32 Å². The Hall–Kier alpha value is -2.90. The number of hydrogen-bond acceptors (Lipinski definition) is 3. The van der Waals surface area contributed by atoms with Gasteiger partial charge in [0.25, 0.3) is 15.9 Å². The zero-order chi connectivity index (χ0) is 21.7. The highest BCUT2D eigenvalue weighted by molar-refractivity contribution is 7.92. The summed E-state index contributed by atoms with van der Waals surface area (Å²) >= 11 is 6.10. The number of halogens is 2. The minimum absolute atomic E-state index is 0.0121. The number of amides is 1. The van der Waals surface area contributed by atoms with Crippen molar-refractivity contribution in [3.8, 4) is 0 Å². The zero-order valence-electron chi connectivity index (χ0n) is 16.2. The first-order chi connectivity index (χ1) is 14.2. The van der Waals surface area contributed by atoms with E-state index in [-0.39, 0.29) is 21.3 Å². The van der Waals surface area contributed by atoms with Crippen LogP contribution >= 0.6 is 11.6 Å². The molecule has 0 heterocycles. The maximum Gasteiger partial charge on any atom is 0.263 e. The molecule has 0 fully saturated rings. The largest absolute Gasteiger partial charge is 0.352 e. The van der Waals surface area contributed by atoms with Gasteiger partial charge in [-0.3, -0.25) is 9.52 Å². The average molecular weight is 447 g/mol. The lowest BCUT2D eigenvalue weighted by molar-refractivity contribution is 0.0954. The summed E-state index contributed by atoms with van der Waals surface area (Å²) in [5.41, 5.74) is 2.34. The molecule has 30 heavy (non-hydrogen) atoms. The van der Waals surface area contributed by atoms with Crippen molar-refractivity contribution < 1.29 is 17.6 Å². The monoisotopic (exact) mass is 446 g/mol. The summed E-state index contributed by atoms with van der Waals surface area (Å²) in [5, 5.41) is 2.74. The van der Waals surface area contributed by atoms with E-state index in [4.69, 9.17) is 11.6 Å². The van der Waals surface area contributed by atoms with Gasteiger partial charge in [0.2, 0.25) is 0 Å². The molecule has 8 heteroatoms. The number of aryl methyl sites for hydroxylation is 1. The Morgan fingerprint density at radius 1 is 1.03 bits per heavy atom. The van der Waals surface area contributed by atoms with Gasteiger partial charge < -0.3 is 5.32 Å². The van der Waals surface area contributed by atoms with Crippen LogP contribution in [0.5, 0.6) is 0 Å². The van der Waals surface area contributed by atoms with E-state index >= 15 is 0 Å². The number of nitrogens with one attached hydrogen (secondary N) is 2. The smallest absolute Gasteiger partial charge is 0.263 e. The van der Waals surface area contributed by atoms with Gasteiger partial charge in [0.15, 0.2) is 0 Å². The van der Waals surface area contributed by atoms with Crippen LogP contribution in [0.1, 0.15) is 21.5 Å². The minimum atomic E-state index is -3.98. The van der Waals surface area contributed by atoms with Gasteiger partial charge in [-0.15, -0.1) is 0 Å². The topological polar surface area (TPSA) is 75.3 Å². The van der Waals surface area contributed by atoms with Crippen LogP contribution in [0.2, 0.25) is 5.02 Å². The third-order valence-corrected chi connectivity index (χ3v) is 6.23. The molecule has 156 valence electrons. The van der Waals surface area contributed by atoms with Crippen molar-refractivity contribution in [2.45, 2.75) is 18.2 Å². The average Bonchev–Trinajstić information content (AvgIpc) is 2.69. The Labute approximate surface area is 179 Å².